The number of aliphatic carboxylic acids is 1. The van der Waals surface area contributed by atoms with Gasteiger partial charge in [-0.2, -0.15) is 0 Å². The molecule has 11 heteroatoms. The maximum absolute atomic E-state index is 14.3. The highest BCUT2D eigenvalue weighted by Crippen LogP contribution is 2.40. The van der Waals surface area contributed by atoms with Crippen molar-refractivity contribution in [2.24, 2.45) is 0 Å². The second-order valence-electron chi connectivity index (χ2n) is 10.5. The Kier molecular flexibility index (Phi) is 24.6. The first kappa shape index (κ1) is 46.9. The van der Waals surface area contributed by atoms with E-state index in [0.29, 0.717) is 22.6 Å². The van der Waals surface area contributed by atoms with Crippen LogP contribution in [0.1, 0.15) is 66.5 Å². The van der Waals surface area contributed by atoms with Gasteiger partial charge in [-0.05, 0) is 99.0 Å². The van der Waals surface area contributed by atoms with Gasteiger partial charge in [-0.1, -0.05) is 52.5 Å². The van der Waals surface area contributed by atoms with Crippen molar-refractivity contribution < 1.29 is 46.7 Å². The van der Waals surface area contributed by atoms with Gasteiger partial charge in [0.1, 0.15) is 23.1 Å². The minimum Gasteiger partial charge on any atom is -0.494 e. The quantitative estimate of drug-likeness (QED) is 0.115. The van der Waals surface area contributed by atoms with Crippen LogP contribution in [0.4, 0.5) is 8.78 Å². The van der Waals surface area contributed by atoms with E-state index in [9.17, 15) is 8.78 Å². The predicted molar refractivity (Wildman–Crippen MR) is 204 cm³/mol. The first-order valence-corrected chi connectivity index (χ1v) is 17.9. The SMILES string of the molecule is C=C(F)/C=C(\C=C/C(C)OC)COP(OCc1ccc(OC)c(F)c1)c1ccc(Oc2cc(C)cc(OC(C)C)c2)cc1.CC.CC.CC(=O)O. The summed E-state index contributed by atoms with van der Waals surface area (Å²) >= 11 is 0. The van der Waals surface area contributed by atoms with Gasteiger partial charge in [0.2, 0.25) is 8.38 Å². The first-order valence-electron chi connectivity index (χ1n) is 16.7. The van der Waals surface area contributed by atoms with Crippen LogP contribution >= 0.6 is 8.38 Å². The van der Waals surface area contributed by atoms with Crippen LogP contribution in [-0.4, -0.2) is 44.1 Å². The summed E-state index contributed by atoms with van der Waals surface area (Å²) in [6.45, 7) is 20.3. The number of halogens is 2. The highest BCUT2D eigenvalue weighted by atomic mass is 31.2. The highest BCUT2D eigenvalue weighted by molar-refractivity contribution is 7.55. The molecule has 51 heavy (non-hydrogen) atoms. The van der Waals surface area contributed by atoms with E-state index < -0.39 is 26.0 Å². The van der Waals surface area contributed by atoms with Crippen LogP contribution in [0.2, 0.25) is 0 Å². The fraction of sp³-hybridized carbons (Fsp3) is 0.375. The summed E-state index contributed by atoms with van der Waals surface area (Å²) < 4.78 is 62.5. The zero-order valence-electron chi connectivity index (χ0n) is 31.8. The summed E-state index contributed by atoms with van der Waals surface area (Å²) in [5.41, 5.74) is 2.16. The number of carboxylic acid groups (broad SMARTS) is 1. The zero-order chi connectivity index (χ0) is 38.9. The van der Waals surface area contributed by atoms with Gasteiger partial charge >= 0.3 is 0 Å². The molecule has 3 aromatic rings. The molecule has 2 unspecified atom stereocenters. The molecule has 0 amide bonds. The lowest BCUT2D eigenvalue weighted by atomic mass is 10.2. The van der Waals surface area contributed by atoms with Crippen molar-refractivity contribution in [3.63, 3.8) is 0 Å². The summed E-state index contributed by atoms with van der Waals surface area (Å²) in [5, 5.41) is 8.16. The molecule has 0 aliphatic heterocycles. The van der Waals surface area contributed by atoms with Crippen molar-refractivity contribution in [3.8, 4) is 23.0 Å². The molecule has 0 fully saturated rings. The Labute approximate surface area is 304 Å². The summed E-state index contributed by atoms with van der Waals surface area (Å²) in [6, 6.07) is 17.7. The van der Waals surface area contributed by atoms with Gasteiger partial charge in [-0.15, -0.1) is 0 Å². The third-order valence-corrected chi connectivity index (χ3v) is 7.33. The normalized spacial score (nSPS) is 11.9. The van der Waals surface area contributed by atoms with E-state index in [4.69, 9.17) is 37.9 Å². The lowest BCUT2D eigenvalue weighted by Crippen LogP contribution is -2.08. The van der Waals surface area contributed by atoms with E-state index in [1.54, 1.807) is 31.4 Å². The number of hydrogen-bond acceptors (Lipinski definition) is 7. The molecule has 1 N–H and O–H groups in total. The largest absolute Gasteiger partial charge is 0.494 e. The van der Waals surface area contributed by atoms with Gasteiger partial charge in [0.15, 0.2) is 11.6 Å². The Bertz CT molecular complexity index is 1500. The molecule has 0 bridgehead atoms. The number of carboxylic acids is 1. The lowest BCUT2D eigenvalue weighted by molar-refractivity contribution is -0.134. The van der Waals surface area contributed by atoms with Crippen LogP contribution in [-0.2, 0) is 25.2 Å². The second kappa shape index (κ2) is 26.7. The number of benzene rings is 3. The zero-order valence-corrected chi connectivity index (χ0v) is 32.7. The molecule has 0 spiro atoms. The Hall–Kier alpha value is -4.08. The Morgan fingerprint density at radius 3 is 2.06 bits per heavy atom. The van der Waals surface area contributed by atoms with Crippen molar-refractivity contribution >= 4 is 19.6 Å². The van der Waals surface area contributed by atoms with Crippen LogP contribution < -0.4 is 19.5 Å². The molecule has 0 aliphatic rings. The molecule has 0 aliphatic carbocycles. The van der Waals surface area contributed by atoms with Gasteiger partial charge in [-0.3, -0.25) is 4.79 Å². The predicted octanol–water partition coefficient (Wildman–Crippen LogP) is 11.0. The van der Waals surface area contributed by atoms with Gasteiger partial charge in [0.05, 0.1) is 32.5 Å². The molecule has 0 radical (unpaired) electrons. The Morgan fingerprint density at radius 1 is 0.922 bits per heavy atom. The third-order valence-electron chi connectivity index (χ3n) is 5.89. The molecular formula is C40H55F2O8P. The monoisotopic (exact) mass is 732 g/mol. The summed E-state index contributed by atoms with van der Waals surface area (Å²) in [6.07, 6.45) is 4.67. The minimum atomic E-state index is -1.67. The number of hydrogen-bond donors (Lipinski definition) is 1. The summed E-state index contributed by atoms with van der Waals surface area (Å²) in [5.74, 6) is 0.216. The van der Waals surface area contributed by atoms with Crippen LogP contribution in [0, 0.1) is 12.7 Å². The molecule has 0 saturated heterocycles. The van der Waals surface area contributed by atoms with Crippen molar-refractivity contribution in [2.75, 3.05) is 20.8 Å². The third kappa shape index (κ3) is 20.4. The molecule has 0 aromatic heterocycles. The standard InChI is InChI=1S/C34H39F2O6P.C2H4O2.2C2H6/c1-23(2)41-30-16-24(3)17-31(20-30)42-29-11-13-32(14-12-29)43(40-22-28-10-15-34(38-7)33(36)19-28)39-21-27(18-25(4)35)9-8-26(5)37-6;1-2(3)4;2*1-2/h8-20,23,26H,4,21-22H2,1-3,5-7H3;1H3,(H,3,4);2*1-2H3/b9-8-,27-18+;;;. The van der Waals surface area contributed by atoms with E-state index in [1.807, 2.05) is 97.9 Å². The smallest absolute Gasteiger partial charge is 0.300 e. The summed E-state index contributed by atoms with van der Waals surface area (Å²) in [7, 11) is 1.33. The van der Waals surface area contributed by atoms with Gasteiger partial charge in [0, 0.05) is 25.4 Å². The van der Waals surface area contributed by atoms with Crippen molar-refractivity contribution in [1.82, 2.24) is 0 Å². The highest BCUT2D eigenvalue weighted by Gasteiger charge is 2.17. The lowest BCUT2D eigenvalue weighted by Gasteiger charge is -2.19. The minimum absolute atomic E-state index is 0.0404. The molecular weight excluding hydrogens is 677 g/mol. The average Bonchev–Trinajstić information content (AvgIpc) is 3.08. The van der Waals surface area contributed by atoms with Gasteiger partial charge in [0.25, 0.3) is 5.97 Å². The maximum atomic E-state index is 14.3. The fourth-order valence-electron chi connectivity index (χ4n) is 3.81. The molecule has 0 saturated carbocycles. The topological polar surface area (TPSA) is 92.7 Å². The van der Waals surface area contributed by atoms with E-state index in [1.165, 1.54) is 19.3 Å². The number of aryl methyl sites for hydroxylation is 1. The van der Waals surface area contributed by atoms with E-state index >= 15 is 0 Å². The van der Waals surface area contributed by atoms with E-state index in [2.05, 4.69) is 6.58 Å². The number of carbonyl (C=O) groups is 1. The van der Waals surface area contributed by atoms with Crippen LogP contribution in [0.25, 0.3) is 0 Å². The molecule has 0 heterocycles. The Balaban J connectivity index is 0.00000286. The van der Waals surface area contributed by atoms with Crippen molar-refractivity contribution in [3.05, 3.63) is 114 Å². The molecule has 8 nitrogen and oxygen atoms in total. The van der Waals surface area contributed by atoms with Gasteiger partial charge in [-0.25, -0.2) is 8.78 Å². The van der Waals surface area contributed by atoms with Crippen LogP contribution in [0.15, 0.2) is 96.9 Å². The average molecular weight is 733 g/mol. The van der Waals surface area contributed by atoms with Crippen molar-refractivity contribution in [2.45, 2.75) is 81.1 Å². The Morgan fingerprint density at radius 2 is 1.53 bits per heavy atom. The van der Waals surface area contributed by atoms with Crippen LogP contribution in [0.5, 0.6) is 23.0 Å². The first-order chi connectivity index (χ1) is 24.3. The second-order valence-corrected chi connectivity index (χ2v) is 12.0. The van der Waals surface area contributed by atoms with Crippen LogP contribution in [0.3, 0.4) is 0 Å². The molecule has 2 atom stereocenters. The molecule has 3 aromatic carbocycles. The molecule has 282 valence electrons. The fourth-order valence-corrected chi connectivity index (χ4v) is 5.11. The van der Waals surface area contributed by atoms with E-state index in [0.717, 1.165) is 23.5 Å². The van der Waals surface area contributed by atoms with Crippen molar-refractivity contribution in [1.29, 1.82) is 0 Å². The molecule has 3 rings (SSSR count). The number of methoxy groups -OCH3 is 2. The maximum Gasteiger partial charge on any atom is 0.300 e. The number of ether oxygens (including phenoxy) is 4. The number of allylic oxidation sites excluding steroid dienone is 2. The summed E-state index contributed by atoms with van der Waals surface area (Å²) in [4.78, 5) is 9.00. The van der Waals surface area contributed by atoms with Gasteiger partial charge < -0.3 is 33.1 Å². The number of rotatable bonds is 16. The van der Waals surface area contributed by atoms with E-state index in [-0.39, 0.29) is 31.2 Å².